The molecule has 0 spiro atoms. The van der Waals surface area contributed by atoms with Crippen molar-refractivity contribution in [2.75, 3.05) is 13.1 Å². The molecule has 0 bridgehead atoms. The van der Waals surface area contributed by atoms with Crippen molar-refractivity contribution >= 4 is 0 Å². The van der Waals surface area contributed by atoms with Gasteiger partial charge in [0.25, 0.3) is 0 Å². The van der Waals surface area contributed by atoms with Gasteiger partial charge in [-0.2, -0.15) is 0 Å². The summed E-state index contributed by atoms with van der Waals surface area (Å²) in [6.45, 7) is 11.9. The highest BCUT2D eigenvalue weighted by Gasteiger charge is 2.37. The van der Waals surface area contributed by atoms with E-state index in [1.807, 2.05) is 0 Å². The number of hydrogen-bond donors (Lipinski definition) is 1. The Bertz CT molecular complexity index is 263. The van der Waals surface area contributed by atoms with E-state index in [-0.39, 0.29) is 0 Å². The minimum atomic E-state index is 0.441. The van der Waals surface area contributed by atoms with Crippen LogP contribution in [0.2, 0.25) is 0 Å². The van der Waals surface area contributed by atoms with Gasteiger partial charge in [0.1, 0.15) is 0 Å². The molecule has 106 valence electrons. The minimum absolute atomic E-state index is 0.441. The van der Waals surface area contributed by atoms with Crippen LogP contribution in [0.3, 0.4) is 0 Å². The van der Waals surface area contributed by atoms with Crippen LogP contribution in [0.1, 0.15) is 59.8 Å². The molecule has 2 heteroatoms. The van der Waals surface area contributed by atoms with Crippen LogP contribution in [-0.4, -0.2) is 30.1 Å². The Morgan fingerprint density at radius 2 is 1.78 bits per heavy atom. The van der Waals surface area contributed by atoms with Crippen LogP contribution in [0.25, 0.3) is 0 Å². The average Bonchev–Trinajstić information content (AvgIpc) is 3.10. The van der Waals surface area contributed by atoms with Crippen LogP contribution < -0.4 is 5.73 Å². The molecular weight excluding hydrogens is 220 g/mol. The summed E-state index contributed by atoms with van der Waals surface area (Å²) in [5.41, 5.74) is 6.83. The van der Waals surface area contributed by atoms with Gasteiger partial charge in [0.05, 0.1) is 0 Å². The molecule has 2 rings (SSSR count). The second-order valence-corrected chi connectivity index (χ2v) is 7.62. The first-order valence-electron chi connectivity index (χ1n) is 7.91. The fourth-order valence-corrected chi connectivity index (χ4v) is 3.56. The Kier molecular flexibility index (Phi) is 4.38. The summed E-state index contributed by atoms with van der Waals surface area (Å²) in [4.78, 5) is 2.68. The second-order valence-electron chi connectivity index (χ2n) is 7.62. The van der Waals surface area contributed by atoms with Gasteiger partial charge in [0.2, 0.25) is 0 Å². The van der Waals surface area contributed by atoms with Gasteiger partial charge in [-0.05, 0) is 55.9 Å². The second kappa shape index (κ2) is 5.50. The first-order chi connectivity index (χ1) is 8.41. The van der Waals surface area contributed by atoms with E-state index in [9.17, 15) is 0 Å². The van der Waals surface area contributed by atoms with E-state index in [1.54, 1.807) is 0 Å². The molecule has 0 amide bonds. The van der Waals surface area contributed by atoms with Crippen molar-refractivity contribution in [3.63, 3.8) is 0 Å². The highest BCUT2D eigenvalue weighted by molar-refractivity contribution is 4.91. The third-order valence-corrected chi connectivity index (χ3v) is 5.20. The molecule has 2 nitrogen and oxygen atoms in total. The molecule has 0 aliphatic heterocycles. The Morgan fingerprint density at radius 1 is 1.11 bits per heavy atom. The molecule has 3 unspecified atom stereocenters. The van der Waals surface area contributed by atoms with Crippen LogP contribution in [-0.2, 0) is 0 Å². The van der Waals surface area contributed by atoms with Gasteiger partial charge >= 0.3 is 0 Å². The van der Waals surface area contributed by atoms with E-state index in [0.29, 0.717) is 11.5 Å². The number of hydrogen-bond acceptors (Lipinski definition) is 2. The monoisotopic (exact) mass is 252 g/mol. The fraction of sp³-hybridized carbons (Fsp3) is 1.00. The third-order valence-electron chi connectivity index (χ3n) is 5.20. The summed E-state index contributed by atoms with van der Waals surface area (Å²) in [6, 6.07) is 1.33. The molecular formula is C16H32N2. The lowest BCUT2D eigenvalue weighted by Gasteiger charge is -2.42. The first-order valence-corrected chi connectivity index (χ1v) is 7.91. The molecule has 0 aromatic carbocycles. The van der Waals surface area contributed by atoms with E-state index in [1.165, 1.54) is 45.2 Å². The van der Waals surface area contributed by atoms with Crippen LogP contribution in [0.4, 0.5) is 0 Å². The van der Waals surface area contributed by atoms with Crippen LogP contribution in [0.5, 0.6) is 0 Å². The molecule has 2 N–H and O–H groups in total. The molecule has 0 saturated heterocycles. The molecule has 18 heavy (non-hydrogen) atoms. The van der Waals surface area contributed by atoms with Crippen molar-refractivity contribution in [1.29, 1.82) is 0 Å². The summed E-state index contributed by atoms with van der Waals surface area (Å²) in [5, 5.41) is 0. The summed E-state index contributed by atoms with van der Waals surface area (Å²) in [7, 11) is 0. The van der Waals surface area contributed by atoms with Crippen molar-refractivity contribution in [1.82, 2.24) is 4.90 Å². The summed E-state index contributed by atoms with van der Waals surface area (Å²) >= 11 is 0. The zero-order valence-electron chi connectivity index (χ0n) is 12.8. The minimum Gasteiger partial charge on any atom is -0.327 e. The van der Waals surface area contributed by atoms with E-state index >= 15 is 0 Å². The maximum atomic E-state index is 6.38. The van der Waals surface area contributed by atoms with Crippen molar-refractivity contribution in [3.8, 4) is 0 Å². The number of nitrogens with two attached hydrogens (primary N) is 1. The highest BCUT2D eigenvalue weighted by atomic mass is 15.2. The fourth-order valence-electron chi connectivity index (χ4n) is 3.56. The zero-order chi connectivity index (χ0) is 13.3. The summed E-state index contributed by atoms with van der Waals surface area (Å²) in [6.07, 6.45) is 6.73. The van der Waals surface area contributed by atoms with Gasteiger partial charge < -0.3 is 10.6 Å². The molecule has 0 radical (unpaired) electrons. The van der Waals surface area contributed by atoms with Gasteiger partial charge in [-0.15, -0.1) is 0 Å². The lowest BCUT2D eigenvalue weighted by molar-refractivity contribution is 0.0982. The van der Waals surface area contributed by atoms with Gasteiger partial charge in [0, 0.05) is 18.6 Å². The van der Waals surface area contributed by atoms with Crippen LogP contribution in [0, 0.1) is 17.3 Å². The Morgan fingerprint density at radius 3 is 2.28 bits per heavy atom. The molecule has 2 aliphatic rings. The first kappa shape index (κ1) is 14.3. The topological polar surface area (TPSA) is 29.3 Å². The SMILES string of the molecule is CCN(CC1CC(C(C)(C)C)CCC1N)C1CC1. The molecule has 0 aromatic heterocycles. The molecule has 2 saturated carbocycles. The van der Waals surface area contributed by atoms with Gasteiger partial charge in [0.15, 0.2) is 0 Å². The van der Waals surface area contributed by atoms with Crippen molar-refractivity contribution in [2.24, 2.45) is 23.0 Å². The Balaban J connectivity index is 1.92. The van der Waals surface area contributed by atoms with E-state index in [4.69, 9.17) is 5.73 Å². The summed E-state index contributed by atoms with van der Waals surface area (Å²) < 4.78 is 0. The maximum Gasteiger partial charge on any atom is 0.00964 e. The van der Waals surface area contributed by atoms with Crippen molar-refractivity contribution in [2.45, 2.75) is 71.9 Å². The average molecular weight is 252 g/mol. The standard InChI is InChI=1S/C16H32N2/c1-5-18(14-7-8-14)11-12-10-13(16(2,3)4)6-9-15(12)17/h12-15H,5-11,17H2,1-4H3. The normalized spacial score (nSPS) is 34.0. The third kappa shape index (κ3) is 3.48. The predicted molar refractivity (Wildman–Crippen MR) is 78.5 cm³/mol. The van der Waals surface area contributed by atoms with Crippen molar-refractivity contribution in [3.05, 3.63) is 0 Å². The number of rotatable bonds is 4. The molecule has 3 atom stereocenters. The summed E-state index contributed by atoms with van der Waals surface area (Å²) in [5.74, 6) is 1.59. The quantitative estimate of drug-likeness (QED) is 0.832. The molecule has 2 fully saturated rings. The van der Waals surface area contributed by atoms with Gasteiger partial charge in [-0.1, -0.05) is 27.7 Å². The van der Waals surface area contributed by atoms with Crippen LogP contribution in [0.15, 0.2) is 0 Å². The highest BCUT2D eigenvalue weighted by Crippen LogP contribution is 2.40. The van der Waals surface area contributed by atoms with E-state index < -0.39 is 0 Å². The molecule has 2 aliphatic carbocycles. The van der Waals surface area contributed by atoms with Gasteiger partial charge in [-0.25, -0.2) is 0 Å². The lowest BCUT2D eigenvalue weighted by Crippen LogP contribution is -2.45. The zero-order valence-corrected chi connectivity index (χ0v) is 12.8. The Hall–Kier alpha value is -0.0800. The number of nitrogens with zero attached hydrogens (tertiary/aromatic N) is 1. The van der Waals surface area contributed by atoms with Crippen molar-refractivity contribution < 1.29 is 0 Å². The Labute approximate surface area is 113 Å². The maximum absolute atomic E-state index is 6.38. The lowest BCUT2D eigenvalue weighted by atomic mass is 9.67. The van der Waals surface area contributed by atoms with E-state index in [2.05, 4.69) is 32.6 Å². The van der Waals surface area contributed by atoms with E-state index in [0.717, 1.165) is 17.9 Å². The smallest absolute Gasteiger partial charge is 0.00964 e. The van der Waals surface area contributed by atoms with Gasteiger partial charge in [-0.3, -0.25) is 0 Å². The molecule has 0 heterocycles. The largest absolute Gasteiger partial charge is 0.327 e. The molecule has 0 aromatic rings. The van der Waals surface area contributed by atoms with Crippen LogP contribution >= 0.6 is 0 Å². The predicted octanol–water partition coefficient (Wildman–Crippen LogP) is 3.26.